The van der Waals surface area contributed by atoms with Crippen molar-refractivity contribution >= 4 is 28.1 Å². The predicted molar refractivity (Wildman–Crippen MR) is 116 cm³/mol. The summed E-state index contributed by atoms with van der Waals surface area (Å²) >= 11 is 1.64. The molecular formula is C22H25N5O2S. The fourth-order valence-electron chi connectivity index (χ4n) is 4.69. The number of likely N-dealkylation sites (N-methyl/N-ethyl adjacent to an activating group) is 1. The van der Waals surface area contributed by atoms with Crippen LogP contribution in [0.1, 0.15) is 24.1 Å². The van der Waals surface area contributed by atoms with Gasteiger partial charge in [0.2, 0.25) is 11.8 Å². The lowest BCUT2D eigenvalue weighted by atomic mass is 9.70. The van der Waals surface area contributed by atoms with E-state index in [1.807, 2.05) is 22.5 Å². The summed E-state index contributed by atoms with van der Waals surface area (Å²) in [7, 11) is 1.75. The van der Waals surface area contributed by atoms with E-state index < -0.39 is 0 Å². The number of piperazine rings is 1. The molecule has 4 heterocycles. The van der Waals surface area contributed by atoms with Crippen molar-refractivity contribution in [2.45, 2.75) is 24.3 Å². The Kier molecular flexibility index (Phi) is 4.83. The van der Waals surface area contributed by atoms with Crippen LogP contribution in [0.2, 0.25) is 0 Å². The molecule has 0 aliphatic carbocycles. The average Bonchev–Trinajstić information content (AvgIpc) is 3.39. The second-order valence-electron chi connectivity index (χ2n) is 8.20. The van der Waals surface area contributed by atoms with Crippen LogP contribution in [0.4, 0.5) is 0 Å². The fraction of sp³-hybridized carbons (Fsp3) is 0.409. The standard InChI is InChI=1S/C22H25N5O2S/c1-25-14-17(23-13-19(25)28)20(29)26-9-7-22(8-10-26,16-5-3-2-4-6-16)18-15-27-11-12-30-21(27)24-18/h2-6,11-12,15,17,23H,7-10,13-14H2,1H3. The lowest BCUT2D eigenvalue weighted by molar-refractivity contribution is -0.140. The zero-order valence-corrected chi connectivity index (χ0v) is 17.8. The number of benzene rings is 1. The molecule has 8 heteroatoms. The summed E-state index contributed by atoms with van der Waals surface area (Å²) in [5.74, 6) is 0.113. The molecule has 30 heavy (non-hydrogen) atoms. The number of rotatable bonds is 3. The molecule has 2 fully saturated rings. The monoisotopic (exact) mass is 423 g/mol. The highest BCUT2D eigenvalue weighted by Crippen LogP contribution is 2.41. The van der Waals surface area contributed by atoms with E-state index in [1.165, 1.54) is 5.56 Å². The van der Waals surface area contributed by atoms with E-state index in [-0.39, 0.29) is 29.8 Å². The minimum absolute atomic E-state index is 0.0283. The van der Waals surface area contributed by atoms with Gasteiger partial charge >= 0.3 is 0 Å². The molecular weight excluding hydrogens is 398 g/mol. The number of carbonyl (C=O) groups is 2. The summed E-state index contributed by atoms with van der Waals surface area (Å²) in [6.45, 7) is 2.00. The van der Waals surface area contributed by atoms with E-state index in [9.17, 15) is 9.59 Å². The average molecular weight is 424 g/mol. The van der Waals surface area contributed by atoms with E-state index in [0.717, 1.165) is 23.5 Å². The van der Waals surface area contributed by atoms with Crippen LogP contribution >= 0.6 is 11.3 Å². The topological polar surface area (TPSA) is 70.0 Å². The quantitative estimate of drug-likeness (QED) is 0.697. The maximum atomic E-state index is 13.1. The Balaban J connectivity index is 1.39. The first-order chi connectivity index (χ1) is 14.6. The van der Waals surface area contributed by atoms with Crippen LogP contribution in [-0.2, 0) is 15.0 Å². The number of hydrogen-bond acceptors (Lipinski definition) is 5. The number of aromatic nitrogens is 2. The van der Waals surface area contributed by atoms with Crippen LogP contribution in [0.3, 0.4) is 0 Å². The molecule has 0 bridgehead atoms. The predicted octanol–water partition coefficient (Wildman–Crippen LogP) is 1.73. The van der Waals surface area contributed by atoms with Crippen molar-refractivity contribution in [3.05, 3.63) is 59.4 Å². The van der Waals surface area contributed by atoms with Gasteiger partial charge in [-0.05, 0) is 18.4 Å². The molecule has 2 aliphatic rings. The lowest BCUT2D eigenvalue weighted by Crippen LogP contribution is -2.60. The Labute approximate surface area is 179 Å². The van der Waals surface area contributed by atoms with Gasteiger partial charge in [0.05, 0.1) is 12.2 Å². The van der Waals surface area contributed by atoms with Gasteiger partial charge in [-0.25, -0.2) is 4.98 Å². The van der Waals surface area contributed by atoms with Crippen LogP contribution in [0.25, 0.3) is 4.96 Å². The third kappa shape index (κ3) is 3.20. The summed E-state index contributed by atoms with van der Waals surface area (Å²) < 4.78 is 2.08. The number of amides is 2. The van der Waals surface area contributed by atoms with E-state index in [4.69, 9.17) is 4.98 Å². The molecule has 2 amide bonds. The Hall–Kier alpha value is -2.71. The number of likely N-dealkylation sites (tertiary alicyclic amines) is 1. The van der Waals surface area contributed by atoms with Crippen molar-refractivity contribution in [2.75, 3.05) is 33.2 Å². The van der Waals surface area contributed by atoms with E-state index in [2.05, 4.69) is 40.2 Å². The Morgan fingerprint density at radius 1 is 1.23 bits per heavy atom. The number of hydrogen-bond donors (Lipinski definition) is 1. The summed E-state index contributed by atoms with van der Waals surface area (Å²) in [6.07, 6.45) is 5.84. The number of thiazole rings is 1. The summed E-state index contributed by atoms with van der Waals surface area (Å²) in [5, 5.41) is 5.14. The second-order valence-corrected chi connectivity index (χ2v) is 9.07. The number of nitrogens with one attached hydrogen (secondary N) is 1. The molecule has 2 saturated heterocycles. The highest BCUT2D eigenvalue weighted by molar-refractivity contribution is 7.15. The third-order valence-corrected chi connectivity index (χ3v) is 7.29. The van der Waals surface area contributed by atoms with Crippen molar-refractivity contribution in [2.24, 2.45) is 0 Å². The van der Waals surface area contributed by atoms with Gasteiger partial charge in [0.25, 0.3) is 0 Å². The molecule has 5 rings (SSSR count). The highest BCUT2D eigenvalue weighted by Gasteiger charge is 2.42. The van der Waals surface area contributed by atoms with E-state index >= 15 is 0 Å². The van der Waals surface area contributed by atoms with Gasteiger partial charge < -0.3 is 9.80 Å². The van der Waals surface area contributed by atoms with Gasteiger partial charge in [-0.3, -0.25) is 19.3 Å². The molecule has 3 aromatic rings. The normalized spacial score (nSPS) is 21.9. The van der Waals surface area contributed by atoms with Gasteiger partial charge in [0.1, 0.15) is 6.04 Å². The molecule has 0 saturated carbocycles. The van der Waals surface area contributed by atoms with Gasteiger partial charge in [-0.1, -0.05) is 30.3 Å². The molecule has 0 spiro atoms. The first-order valence-electron chi connectivity index (χ1n) is 10.3. The molecule has 156 valence electrons. The summed E-state index contributed by atoms with van der Waals surface area (Å²) in [6, 6.07) is 10.2. The van der Waals surface area contributed by atoms with Crippen molar-refractivity contribution < 1.29 is 9.59 Å². The number of piperidine rings is 1. The van der Waals surface area contributed by atoms with Crippen molar-refractivity contribution in [3.63, 3.8) is 0 Å². The molecule has 2 aliphatic heterocycles. The second kappa shape index (κ2) is 7.52. The first kappa shape index (κ1) is 19.3. The lowest BCUT2D eigenvalue weighted by Gasteiger charge is -2.43. The van der Waals surface area contributed by atoms with Crippen LogP contribution in [-0.4, -0.2) is 70.3 Å². The van der Waals surface area contributed by atoms with Crippen molar-refractivity contribution in [1.29, 1.82) is 0 Å². The Bertz CT molecular complexity index is 1040. The smallest absolute Gasteiger partial charge is 0.241 e. The maximum Gasteiger partial charge on any atom is 0.241 e. The molecule has 0 radical (unpaired) electrons. The van der Waals surface area contributed by atoms with Crippen LogP contribution in [0.15, 0.2) is 48.1 Å². The molecule has 2 aromatic heterocycles. The van der Waals surface area contributed by atoms with Gasteiger partial charge in [0.15, 0.2) is 4.96 Å². The largest absolute Gasteiger partial charge is 0.343 e. The minimum atomic E-state index is -0.324. The van der Waals surface area contributed by atoms with Crippen molar-refractivity contribution in [3.8, 4) is 0 Å². The number of nitrogens with zero attached hydrogens (tertiary/aromatic N) is 4. The molecule has 1 unspecified atom stereocenters. The minimum Gasteiger partial charge on any atom is -0.343 e. The van der Waals surface area contributed by atoms with E-state index in [1.54, 1.807) is 23.3 Å². The zero-order valence-electron chi connectivity index (χ0n) is 17.0. The van der Waals surface area contributed by atoms with Gasteiger partial charge in [0, 0.05) is 49.9 Å². The fourth-order valence-corrected chi connectivity index (χ4v) is 5.39. The maximum absolute atomic E-state index is 13.1. The highest BCUT2D eigenvalue weighted by atomic mass is 32.1. The number of carbonyl (C=O) groups excluding carboxylic acids is 2. The SMILES string of the molecule is CN1CC(C(=O)N2CCC(c3ccccc3)(c3cn4ccsc4n3)CC2)NCC1=O. The zero-order chi connectivity index (χ0) is 20.7. The Morgan fingerprint density at radius 3 is 2.70 bits per heavy atom. The van der Waals surface area contributed by atoms with Crippen LogP contribution < -0.4 is 5.32 Å². The van der Waals surface area contributed by atoms with Gasteiger partial charge in [-0.2, -0.15) is 0 Å². The first-order valence-corrected chi connectivity index (χ1v) is 11.2. The van der Waals surface area contributed by atoms with Gasteiger partial charge in [-0.15, -0.1) is 11.3 Å². The molecule has 1 aromatic carbocycles. The summed E-state index contributed by atoms with van der Waals surface area (Å²) in [5.41, 5.74) is 2.13. The number of imidazole rings is 1. The van der Waals surface area contributed by atoms with Crippen molar-refractivity contribution in [1.82, 2.24) is 24.5 Å². The number of fused-ring (bicyclic) bond motifs is 1. The Morgan fingerprint density at radius 2 is 2.00 bits per heavy atom. The van der Waals surface area contributed by atoms with E-state index in [0.29, 0.717) is 19.6 Å². The summed E-state index contributed by atoms with van der Waals surface area (Å²) in [4.78, 5) is 34.3. The van der Waals surface area contributed by atoms with Crippen LogP contribution in [0, 0.1) is 0 Å². The third-order valence-electron chi connectivity index (χ3n) is 6.52. The van der Waals surface area contributed by atoms with Crippen LogP contribution in [0.5, 0.6) is 0 Å². The molecule has 7 nitrogen and oxygen atoms in total. The molecule has 1 atom stereocenters. The molecule has 1 N–H and O–H groups in total.